The summed E-state index contributed by atoms with van der Waals surface area (Å²) in [4.78, 5) is 11.5. The Balaban J connectivity index is 0.00000103. The number of hydrogen-bond acceptors (Lipinski definition) is 2. The summed E-state index contributed by atoms with van der Waals surface area (Å²) in [6.07, 6.45) is 19.2. The second-order valence-corrected chi connectivity index (χ2v) is 13.1. The minimum atomic E-state index is -0.130. The Labute approximate surface area is 211 Å². The van der Waals surface area contributed by atoms with Gasteiger partial charge >= 0.3 is 5.97 Å². The van der Waals surface area contributed by atoms with Crippen molar-refractivity contribution in [3.8, 4) is 0 Å². The van der Waals surface area contributed by atoms with Crippen LogP contribution in [0.4, 0.5) is 0 Å². The number of ether oxygens (including phenoxy) is 1. The minimum absolute atomic E-state index is 0.0863. The van der Waals surface area contributed by atoms with Crippen LogP contribution in [0.25, 0.3) is 0 Å². The van der Waals surface area contributed by atoms with E-state index in [1.165, 1.54) is 51.4 Å². The average molecular weight is 471 g/mol. The molecule has 0 saturated heterocycles. The highest BCUT2D eigenvalue weighted by molar-refractivity contribution is 5.66. The van der Waals surface area contributed by atoms with E-state index in [4.69, 9.17) is 4.74 Å². The van der Waals surface area contributed by atoms with Crippen LogP contribution < -0.4 is 0 Å². The molecule has 2 nitrogen and oxygen atoms in total. The zero-order chi connectivity index (χ0) is 25.1. The highest BCUT2D eigenvalue weighted by atomic mass is 16.5. The molecule has 0 bridgehead atoms. The van der Waals surface area contributed by atoms with Crippen molar-refractivity contribution in [2.45, 2.75) is 132 Å². The van der Waals surface area contributed by atoms with Gasteiger partial charge in [0.25, 0.3) is 0 Å². The molecular formula is C32H54O2. The van der Waals surface area contributed by atoms with E-state index in [2.05, 4.69) is 60.6 Å². The van der Waals surface area contributed by atoms with Gasteiger partial charge in [0.2, 0.25) is 0 Å². The standard InChI is InChI=1S/C29H46O2.C3H8/c1-19(2)8-7-9-20(3)25-12-13-26-24-11-10-22-18-23(31-21(4)30)14-16-28(22,5)27(24)15-17-29(25,26)6;1-3-2/h10-11,19-20,23,25-27H,7-9,12-18H2,1-6H3;3H2,1-2H3. The van der Waals surface area contributed by atoms with Crippen molar-refractivity contribution in [3.63, 3.8) is 0 Å². The first kappa shape index (κ1) is 27.5. The summed E-state index contributed by atoms with van der Waals surface area (Å²) in [5, 5.41) is 0. The Morgan fingerprint density at radius 1 is 1.00 bits per heavy atom. The molecule has 0 radical (unpaired) electrons. The average Bonchev–Trinajstić information content (AvgIpc) is 3.11. The van der Waals surface area contributed by atoms with Crippen molar-refractivity contribution in [2.24, 2.45) is 40.4 Å². The topological polar surface area (TPSA) is 26.3 Å². The zero-order valence-electron chi connectivity index (χ0n) is 23.7. The van der Waals surface area contributed by atoms with Gasteiger partial charge < -0.3 is 4.74 Å². The van der Waals surface area contributed by atoms with Gasteiger partial charge in [0, 0.05) is 13.3 Å². The number of rotatable bonds is 6. The van der Waals surface area contributed by atoms with Gasteiger partial charge in [-0.15, -0.1) is 0 Å². The summed E-state index contributed by atoms with van der Waals surface area (Å²) in [5.74, 6) is 3.94. The first-order valence-electron chi connectivity index (χ1n) is 14.6. The molecule has 4 rings (SSSR count). The van der Waals surface area contributed by atoms with E-state index in [1.54, 1.807) is 18.1 Å². The summed E-state index contributed by atoms with van der Waals surface area (Å²) >= 11 is 0. The molecule has 4 aliphatic rings. The Bertz CT molecular complexity index is 761. The number of fused-ring (bicyclic) bond motifs is 5. The largest absolute Gasteiger partial charge is 0.462 e. The molecule has 0 heterocycles. The predicted octanol–water partition coefficient (Wildman–Crippen LogP) is 9.30. The summed E-state index contributed by atoms with van der Waals surface area (Å²) < 4.78 is 5.59. The van der Waals surface area contributed by atoms with Gasteiger partial charge in [0.1, 0.15) is 6.10 Å². The lowest BCUT2D eigenvalue weighted by molar-refractivity contribution is -0.148. The van der Waals surface area contributed by atoms with E-state index in [0.29, 0.717) is 11.3 Å². The Hall–Kier alpha value is -1.05. The lowest BCUT2D eigenvalue weighted by Crippen LogP contribution is -2.46. The third-order valence-corrected chi connectivity index (χ3v) is 10.1. The molecule has 7 unspecified atom stereocenters. The van der Waals surface area contributed by atoms with E-state index in [1.807, 2.05) is 0 Å². The summed E-state index contributed by atoms with van der Waals surface area (Å²) in [5.41, 5.74) is 4.10. The second-order valence-electron chi connectivity index (χ2n) is 13.1. The smallest absolute Gasteiger partial charge is 0.302 e. The van der Waals surface area contributed by atoms with Crippen LogP contribution in [0.5, 0.6) is 0 Å². The van der Waals surface area contributed by atoms with Crippen LogP contribution in [-0.4, -0.2) is 12.1 Å². The summed E-state index contributed by atoms with van der Waals surface area (Å²) in [6.45, 7) is 18.2. The quantitative estimate of drug-likeness (QED) is 0.361. The maximum atomic E-state index is 11.5. The molecule has 0 N–H and O–H groups in total. The van der Waals surface area contributed by atoms with Crippen molar-refractivity contribution in [1.82, 2.24) is 0 Å². The lowest BCUT2D eigenvalue weighted by Gasteiger charge is -2.55. The summed E-state index contributed by atoms with van der Waals surface area (Å²) in [6, 6.07) is 0. The van der Waals surface area contributed by atoms with Crippen LogP contribution in [0.3, 0.4) is 0 Å². The zero-order valence-corrected chi connectivity index (χ0v) is 23.7. The molecule has 34 heavy (non-hydrogen) atoms. The number of hydrogen-bond donors (Lipinski definition) is 0. The number of carbonyl (C=O) groups is 1. The van der Waals surface area contributed by atoms with Crippen LogP contribution in [0.2, 0.25) is 0 Å². The van der Waals surface area contributed by atoms with Gasteiger partial charge in [-0.2, -0.15) is 0 Å². The molecule has 194 valence electrons. The molecule has 7 atom stereocenters. The molecule has 3 fully saturated rings. The fourth-order valence-corrected chi connectivity index (χ4v) is 8.33. The Morgan fingerprint density at radius 3 is 2.35 bits per heavy atom. The molecule has 3 saturated carbocycles. The molecule has 0 amide bonds. The van der Waals surface area contributed by atoms with Crippen molar-refractivity contribution in [1.29, 1.82) is 0 Å². The maximum absolute atomic E-state index is 11.5. The van der Waals surface area contributed by atoms with Crippen molar-refractivity contribution < 1.29 is 9.53 Å². The normalized spacial score (nSPS) is 37.3. The Morgan fingerprint density at radius 2 is 1.71 bits per heavy atom. The van der Waals surface area contributed by atoms with Crippen LogP contribution in [-0.2, 0) is 9.53 Å². The summed E-state index contributed by atoms with van der Waals surface area (Å²) in [7, 11) is 0. The van der Waals surface area contributed by atoms with E-state index < -0.39 is 0 Å². The van der Waals surface area contributed by atoms with E-state index >= 15 is 0 Å². The highest BCUT2D eigenvalue weighted by Crippen LogP contribution is 2.66. The third kappa shape index (κ3) is 5.52. The molecule has 0 aromatic heterocycles. The number of carbonyl (C=O) groups excluding carboxylic acids is 1. The third-order valence-electron chi connectivity index (χ3n) is 10.1. The molecule has 0 spiro atoms. The van der Waals surface area contributed by atoms with Crippen LogP contribution in [0.1, 0.15) is 126 Å². The first-order chi connectivity index (χ1) is 16.1. The van der Waals surface area contributed by atoms with Gasteiger partial charge in [-0.3, -0.25) is 4.79 Å². The van der Waals surface area contributed by atoms with Gasteiger partial charge in [-0.05, 0) is 78.9 Å². The first-order valence-corrected chi connectivity index (χ1v) is 14.6. The second kappa shape index (κ2) is 11.3. The van der Waals surface area contributed by atoms with Gasteiger partial charge in [0.05, 0.1) is 0 Å². The highest BCUT2D eigenvalue weighted by Gasteiger charge is 2.57. The van der Waals surface area contributed by atoms with E-state index in [0.717, 1.165) is 42.9 Å². The van der Waals surface area contributed by atoms with Crippen LogP contribution in [0.15, 0.2) is 23.3 Å². The molecule has 4 aliphatic carbocycles. The van der Waals surface area contributed by atoms with Crippen molar-refractivity contribution in [2.75, 3.05) is 0 Å². The molecule has 2 heteroatoms. The molecule has 0 aromatic carbocycles. The Kier molecular flexibility index (Phi) is 9.18. The van der Waals surface area contributed by atoms with Crippen LogP contribution in [0, 0.1) is 40.4 Å². The lowest BCUT2D eigenvalue weighted by atomic mass is 9.50. The fourth-order valence-electron chi connectivity index (χ4n) is 8.33. The van der Waals surface area contributed by atoms with Gasteiger partial charge in [-0.25, -0.2) is 0 Å². The van der Waals surface area contributed by atoms with Crippen molar-refractivity contribution >= 4 is 5.97 Å². The van der Waals surface area contributed by atoms with Gasteiger partial charge in [-0.1, -0.05) is 97.4 Å². The monoisotopic (exact) mass is 470 g/mol. The predicted molar refractivity (Wildman–Crippen MR) is 145 cm³/mol. The number of esters is 1. The number of allylic oxidation sites excluding steroid dienone is 3. The molecule has 0 aliphatic heterocycles. The van der Waals surface area contributed by atoms with Gasteiger partial charge in [0.15, 0.2) is 0 Å². The SMILES string of the molecule is CC(=O)OC1CCC2(C)C(=CC=C3C2CCC2(C)C3CCC2C(C)CCCC(C)C)C1.CCC. The van der Waals surface area contributed by atoms with E-state index in [-0.39, 0.29) is 17.5 Å². The molecule has 0 aromatic rings. The molecular weight excluding hydrogens is 416 g/mol. The minimum Gasteiger partial charge on any atom is -0.462 e. The fraction of sp³-hybridized carbons (Fsp3) is 0.844. The van der Waals surface area contributed by atoms with E-state index in [9.17, 15) is 4.79 Å². The van der Waals surface area contributed by atoms with Crippen molar-refractivity contribution in [3.05, 3.63) is 23.3 Å². The van der Waals surface area contributed by atoms with Crippen LogP contribution >= 0.6 is 0 Å². The maximum Gasteiger partial charge on any atom is 0.302 e.